The van der Waals surface area contributed by atoms with Crippen molar-refractivity contribution in [2.45, 2.75) is 23.8 Å². The van der Waals surface area contributed by atoms with E-state index < -0.39 is 9.51 Å². The lowest BCUT2D eigenvalue weighted by Crippen LogP contribution is -2.49. The summed E-state index contributed by atoms with van der Waals surface area (Å²) in [6.45, 7) is 4.72. The lowest BCUT2D eigenvalue weighted by molar-refractivity contribution is -0.140. The number of ether oxygens (including phenoxy) is 1. The minimum atomic E-state index is -1.04. The predicted octanol–water partition coefficient (Wildman–Crippen LogP) is 4.19. The summed E-state index contributed by atoms with van der Waals surface area (Å²) < 4.78 is 4.66. The van der Waals surface area contributed by atoms with E-state index in [1.54, 1.807) is 24.3 Å². The predicted molar refractivity (Wildman–Crippen MR) is 106 cm³/mol. The van der Waals surface area contributed by atoms with Crippen LogP contribution in [0.1, 0.15) is 19.4 Å². The fraction of sp³-hybridized carbons (Fsp3) is 0.316. The molecule has 0 saturated heterocycles. The van der Waals surface area contributed by atoms with Crippen LogP contribution in [0.15, 0.2) is 48.5 Å². The first kappa shape index (κ1) is 19.5. The second-order valence-corrected chi connectivity index (χ2v) is 8.14. The van der Waals surface area contributed by atoms with Gasteiger partial charge >= 0.3 is 5.97 Å². The molecule has 0 amide bonds. The maximum absolute atomic E-state index is 11.7. The topological polar surface area (TPSA) is 78.8 Å². The van der Waals surface area contributed by atoms with E-state index in [9.17, 15) is 15.0 Å². The van der Waals surface area contributed by atoms with Gasteiger partial charge in [-0.1, -0.05) is 26.0 Å². The van der Waals surface area contributed by atoms with E-state index in [-0.39, 0.29) is 5.75 Å². The van der Waals surface area contributed by atoms with E-state index in [2.05, 4.69) is 5.32 Å². The van der Waals surface area contributed by atoms with Crippen LogP contribution in [0.5, 0.6) is 17.2 Å². The van der Waals surface area contributed by atoms with Gasteiger partial charge in [0.05, 0.1) is 0 Å². The summed E-state index contributed by atoms with van der Waals surface area (Å²) in [5, 5.41) is 22.0. The Kier molecular flexibility index (Phi) is 6.66. The van der Waals surface area contributed by atoms with Crippen LogP contribution >= 0.6 is 22.6 Å². The normalized spacial score (nSPS) is 13.4. The molecule has 1 atom stereocenters. The first-order valence-corrected chi connectivity index (χ1v) is 9.09. The van der Waals surface area contributed by atoms with E-state index in [0.29, 0.717) is 30.4 Å². The molecular weight excluding hydrogens is 433 g/mol. The molecular formula is C19H22INO4. The van der Waals surface area contributed by atoms with Crippen molar-refractivity contribution in [1.82, 2.24) is 5.32 Å². The molecule has 5 nitrogen and oxygen atoms in total. The van der Waals surface area contributed by atoms with Crippen molar-refractivity contribution in [3.8, 4) is 17.2 Å². The largest absolute Gasteiger partial charge is 0.508 e. The maximum Gasteiger partial charge on any atom is 0.334 e. The van der Waals surface area contributed by atoms with Crippen molar-refractivity contribution in [2.24, 2.45) is 5.92 Å². The molecule has 0 aliphatic heterocycles. The molecule has 0 radical (unpaired) electrons. The number of alkyl halides is 1. The van der Waals surface area contributed by atoms with Gasteiger partial charge in [-0.15, -0.1) is 0 Å². The molecule has 25 heavy (non-hydrogen) atoms. The Morgan fingerprint density at radius 3 is 2.12 bits per heavy atom. The van der Waals surface area contributed by atoms with Gasteiger partial charge in [0.2, 0.25) is 0 Å². The van der Waals surface area contributed by atoms with Gasteiger partial charge in [0.1, 0.15) is 17.2 Å². The summed E-state index contributed by atoms with van der Waals surface area (Å²) in [7, 11) is 0. The SMILES string of the molecule is CC(C)CN[C@@](I)(Cc1ccc(Oc2ccc(O)cc2)cc1)C(=O)O. The van der Waals surface area contributed by atoms with Gasteiger partial charge in [-0.2, -0.15) is 0 Å². The van der Waals surface area contributed by atoms with Crippen molar-refractivity contribution in [1.29, 1.82) is 0 Å². The van der Waals surface area contributed by atoms with Crippen molar-refractivity contribution in [2.75, 3.05) is 6.54 Å². The van der Waals surface area contributed by atoms with Crippen LogP contribution in [-0.2, 0) is 11.2 Å². The van der Waals surface area contributed by atoms with Gasteiger partial charge in [0.25, 0.3) is 0 Å². The fourth-order valence-electron chi connectivity index (χ4n) is 2.19. The molecule has 2 aromatic rings. The highest BCUT2D eigenvalue weighted by Gasteiger charge is 2.35. The zero-order chi connectivity index (χ0) is 18.4. The van der Waals surface area contributed by atoms with E-state index in [1.807, 2.05) is 60.7 Å². The Hall–Kier alpha value is -1.80. The summed E-state index contributed by atoms with van der Waals surface area (Å²) >= 11 is 1.97. The second kappa shape index (κ2) is 8.53. The van der Waals surface area contributed by atoms with Gasteiger partial charge in [-0.25, -0.2) is 4.79 Å². The first-order valence-electron chi connectivity index (χ1n) is 8.01. The minimum absolute atomic E-state index is 0.184. The number of aromatic hydroxyl groups is 1. The number of rotatable bonds is 8. The number of hydrogen-bond acceptors (Lipinski definition) is 4. The molecule has 0 spiro atoms. The quantitative estimate of drug-likeness (QED) is 0.316. The smallest absolute Gasteiger partial charge is 0.334 e. The number of carboxylic acids is 1. The van der Waals surface area contributed by atoms with Crippen LogP contribution in [0, 0.1) is 5.92 Å². The third-order valence-electron chi connectivity index (χ3n) is 3.57. The lowest BCUT2D eigenvalue weighted by atomic mass is 10.0. The average Bonchev–Trinajstić information content (AvgIpc) is 2.57. The molecule has 6 heteroatoms. The number of carbonyl (C=O) groups is 1. The van der Waals surface area contributed by atoms with Gasteiger partial charge in [-0.05, 0) is 77.0 Å². The van der Waals surface area contributed by atoms with E-state index in [4.69, 9.17) is 4.74 Å². The highest BCUT2D eigenvalue weighted by atomic mass is 127. The number of hydrogen-bond donors (Lipinski definition) is 3. The molecule has 0 aliphatic rings. The van der Waals surface area contributed by atoms with E-state index in [0.717, 1.165) is 5.56 Å². The number of nitrogens with one attached hydrogen (secondary N) is 1. The Bertz CT molecular complexity index is 700. The molecule has 2 aromatic carbocycles. The number of phenolic OH excluding ortho intramolecular Hbond substituents is 1. The van der Waals surface area contributed by atoms with Crippen LogP contribution in [0.2, 0.25) is 0 Å². The van der Waals surface area contributed by atoms with Gasteiger partial charge in [-0.3, -0.25) is 5.32 Å². The molecule has 0 saturated carbocycles. The zero-order valence-corrected chi connectivity index (χ0v) is 16.4. The lowest BCUT2D eigenvalue weighted by Gasteiger charge is -2.25. The van der Waals surface area contributed by atoms with Crippen molar-refractivity contribution >= 4 is 28.6 Å². The van der Waals surface area contributed by atoms with Crippen LogP contribution in [0.3, 0.4) is 0 Å². The van der Waals surface area contributed by atoms with Crippen molar-refractivity contribution in [3.63, 3.8) is 0 Å². The first-order chi connectivity index (χ1) is 11.8. The summed E-state index contributed by atoms with van der Waals surface area (Å²) in [5.41, 5.74) is 0.908. The zero-order valence-electron chi connectivity index (χ0n) is 14.2. The Labute approximate surface area is 161 Å². The molecule has 0 fully saturated rings. The highest BCUT2D eigenvalue weighted by Crippen LogP contribution is 2.26. The third kappa shape index (κ3) is 5.89. The number of halogens is 1. The van der Waals surface area contributed by atoms with E-state index >= 15 is 0 Å². The molecule has 0 heterocycles. The molecule has 0 aromatic heterocycles. The third-order valence-corrected chi connectivity index (χ3v) is 4.80. The van der Waals surface area contributed by atoms with Gasteiger partial charge in [0, 0.05) is 6.42 Å². The van der Waals surface area contributed by atoms with Gasteiger partial charge in [0.15, 0.2) is 3.55 Å². The number of benzene rings is 2. The number of phenols is 1. The summed E-state index contributed by atoms with van der Waals surface area (Å²) in [5.74, 6) is 0.952. The monoisotopic (exact) mass is 455 g/mol. The van der Waals surface area contributed by atoms with E-state index in [1.165, 1.54) is 0 Å². The maximum atomic E-state index is 11.7. The van der Waals surface area contributed by atoms with Gasteiger partial charge < -0.3 is 14.9 Å². The molecule has 3 N–H and O–H groups in total. The molecule has 134 valence electrons. The number of carboxylic acid groups (broad SMARTS) is 1. The summed E-state index contributed by atoms with van der Waals surface area (Å²) in [4.78, 5) is 11.7. The molecule has 0 bridgehead atoms. The molecule has 0 unspecified atom stereocenters. The van der Waals surface area contributed by atoms with Crippen LogP contribution in [0.4, 0.5) is 0 Å². The van der Waals surface area contributed by atoms with Crippen LogP contribution in [0.25, 0.3) is 0 Å². The summed E-state index contributed by atoms with van der Waals surface area (Å²) in [6.07, 6.45) is 0.370. The van der Waals surface area contributed by atoms with Crippen LogP contribution < -0.4 is 10.1 Å². The Morgan fingerprint density at radius 1 is 1.12 bits per heavy atom. The highest BCUT2D eigenvalue weighted by molar-refractivity contribution is 14.1. The molecule has 0 aliphatic carbocycles. The number of aliphatic carboxylic acids is 1. The Morgan fingerprint density at radius 2 is 1.64 bits per heavy atom. The van der Waals surface area contributed by atoms with Crippen LogP contribution in [-0.4, -0.2) is 26.3 Å². The molecule has 2 rings (SSSR count). The summed E-state index contributed by atoms with van der Waals surface area (Å²) in [6, 6.07) is 13.8. The van der Waals surface area contributed by atoms with Crippen molar-refractivity contribution < 1.29 is 19.7 Å². The minimum Gasteiger partial charge on any atom is -0.508 e. The van der Waals surface area contributed by atoms with Crippen molar-refractivity contribution in [3.05, 3.63) is 54.1 Å². The average molecular weight is 455 g/mol. The standard InChI is InChI=1S/C19H22INO4/c1-13(2)12-21-19(20,18(23)24)11-14-3-7-16(8-4-14)25-17-9-5-15(22)6-10-17/h3-10,13,21-22H,11-12H2,1-2H3,(H,23,24)/t19-/m0/s1. The fourth-order valence-corrected chi connectivity index (χ4v) is 2.85. The second-order valence-electron chi connectivity index (χ2n) is 6.30. The Balaban J connectivity index is 2.05.